The third kappa shape index (κ3) is 4.87. The van der Waals surface area contributed by atoms with Gasteiger partial charge in [0, 0.05) is 19.3 Å². The number of hydrogen-bond acceptors (Lipinski definition) is 2. The fourth-order valence-electron chi connectivity index (χ4n) is 1.69. The molecule has 0 aliphatic heterocycles. The molecule has 1 aromatic carbocycles. The van der Waals surface area contributed by atoms with E-state index in [9.17, 15) is 9.18 Å². The minimum Gasteiger partial charge on any atom is -0.356 e. The summed E-state index contributed by atoms with van der Waals surface area (Å²) in [7, 11) is 1.67. The molecule has 0 heterocycles. The summed E-state index contributed by atoms with van der Waals surface area (Å²) >= 11 is 0. The van der Waals surface area contributed by atoms with E-state index in [2.05, 4.69) is 20.9 Å². The van der Waals surface area contributed by atoms with Crippen LogP contribution in [0, 0.1) is 11.7 Å². The molecule has 1 amide bonds. The van der Waals surface area contributed by atoms with Crippen LogP contribution in [0.2, 0.25) is 0 Å². The molecule has 3 N–H and O–H groups in total. The molecule has 108 valence electrons. The van der Waals surface area contributed by atoms with Crippen molar-refractivity contribution < 1.29 is 9.18 Å². The zero-order chi connectivity index (χ0) is 14.4. The summed E-state index contributed by atoms with van der Waals surface area (Å²) in [6.45, 7) is 1.00. The minimum absolute atomic E-state index is 0.113. The Morgan fingerprint density at radius 3 is 2.60 bits per heavy atom. The molecule has 1 saturated carbocycles. The van der Waals surface area contributed by atoms with Crippen LogP contribution < -0.4 is 16.0 Å². The molecule has 1 aliphatic carbocycles. The molecule has 6 heteroatoms. The molecule has 1 fully saturated rings. The Bertz CT molecular complexity index is 482. The van der Waals surface area contributed by atoms with Crippen molar-refractivity contribution in [3.63, 3.8) is 0 Å². The molecule has 0 radical (unpaired) electrons. The fraction of sp³-hybridized carbons (Fsp3) is 0.429. The second-order valence-corrected chi connectivity index (χ2v) is 4.81. The van der Waals surface area contributed by atoms with Gasteiger partial charge in [-0.15, -0.1) is 0 Å². The van der Waals surface area contributed by atoms with Crippen molar-refractivity contribution >= 4 is 17.6 Å². The lowest BCUT2D eigenvalue weighted by molar-refractivity contribution is -0.115. The Labute approximate surface area is 117 Å². The highest BCUT2D eigenvalue weighted by molar-refractivity contribution is 5.94. The Morgan fingerprint density at radius 1 is 1.30 bits per heavy atom. The first-order valence-corrected chi connectivity index (χ1v) is 6.67. The van der Waals surface area contributed by atoms with Crippen LogP contribution in [0.1, 0.15) is 12.8 Å². The molecule has 2 rings (SSSR count). The van der Waals surface area contributed by atoms with Gasteiger partial charge in [0.05, 0.1) is 6.54 Å². The highest BCUT2D eigenvalue weighted by atomic mass is 19.1. The van der Waals surface area contributed by atoms with Crippen LogP contribution in [0.4, 0.5) is 10.1 Å². The second-order valence-electron chi connectivity index (χ2n) is 4.81. The highest BCUT2D eigenvalue weighted by Gasteiger charge is 2.21. The Hall–Kier alpha value is -2.11. The maximum Gasteiger partial charge on any atom is 0.243 e. The average Bonchev–Trinajstić information content (AvgIpc) is 3.26. The Balaban J connectivity index is 1.71. The van der Waals surface area contributed by atoms with Crippen molar-refractivity contribution in [3.8, 4) is 0 Å². The standard InChI is InChI=1S/C14H19FN4O/c1-16-14(17-8-10-2-3-10)18-9-13(20)19-12-6-4-11(15)5-7-12/h4-7,10H,2-3,8-9H2,1H3,(H,19,20)(H2,16,17,18). The third-order valence-electron chi connectivity index (χ3n) is 3.02. The van der Waals surface area contributed by atoms with Crippen molar-refractivity contribution in [2.24, 2.45) is 10.9 Å². The smallest absolute Gasteiger partial charge is 0.243 e. The van der Waals surface area contributed by atoms with Gasteiger partial charge >= 0.3 is 0 Å². The summed E-state index contributed by atoms with van der Waals surface area (Å²) < 4.78 is 12.7. The lowest BCUT2D eigenvalue weighted by atomic mass is 10.3. The van der Waals surface area contributed by atoms with E-state index >= 15 is 0 Å². The third-order valence-corrected chi connectivity index (χ3v) is 3.02. The van der Waals surface area contributed by atoms with E-state index in [0.29, 0.717) is 11.6 Å². The van der Waals surface area contributed by atoms with E-state index in [-0.39, 0.29) is 18.3 Å². The zero-order valence-electron chi connectivity index (χ0n) is 11.4. The number of guanidine groups is 1. The average molecular weight is 278 g/mol. The van der Waals surface area contributed by atoms with Crippen molar-refractivity contribution in [1.82, 2.24) is 10.6 Å². The zero-order valence-corrected chi connectivity index (χ0v) is 11.4. The maximum absolute atomic E-state index is 12.7. The van der Waals surface area contributed by atoms with Gasteiger partial charge in [-0.3, -0.25) is 9.79 Å². The van der Waals surface area contributed by atoms with Crippen LogP contribution in [0.3, 0.4) is 0 Å². The van der Waals surface area contributed by atoms with Crippen LogP contribution in [0.15, 0.2) is 29.3 Å². The van der Waals surface area contributed by atoms with Crippen LogP contribution in [-0.2, 0) is 4.79 Å². The SMILES string of the molecule is CN=C(NCC(=O)Nc1ccc(F)cc1)NCC1CC1. The molecule has 20 heavy (non-hydrogen) atoms. The predicted molar refractivity (Wildman–Crippen MR) is 77.1 cm³/mol. The molecule has 0 unspecified atom stereocenters. The summed E-state index contributed by atoms with van der Waals surface area (Å²) in [6, 6.07) is 5.65. The number of anilines is 1. The van der Waals surface area contributed by atoms with Gasteiger partial charge in [0.1, 0.15) is 5.82 Å². The van der Waals surface area contributed by atoms with Crippen LogP contribution in [0.5, 0.6) is 0 Å². The van der Waals surface area contributed by atoms with Gasteiger partial charge in [-0.1, -0.05) is 0 Å². The molecular formula is C14H19FN4O. The van der Waals surface area contributed by atoms with E-state index in [4.69, 9.17) is 0 Å². The number of hydrogen-bond donors (Lipinski definition) is 3. The lowest BCUT2D eigenvalue weighted by Gasteiger charge is -2.11. The number of halogens is 1. The van der Waals surface area contributed by atoms with Crippen molar-refractivity contribution in [2.75, 3.05) is 25.5 Å². The van der Waals surface area contributed by atoms with Gasteiger partial charge < -0.3 is 16.0 Å². The minimum atomic E-state index is -0.328. The number of amides is 1. The van der Waals surface area contributed by atoms with Crippen LogP contribution >= 0.6 is 0 Å². The topological polar surface area (TPSA) is 65.5 Å². The highest BCUT2D eigenvalue weighted by Crippen LogP contribution is 2.27. The largest absolute Gasteiger partial charge is 0.356 e. The summed E-state index contributed by atoms with van der Waals surface area (Å²) in [6.07, 6.45) is 2.52. The number of nitrogens with one attached hydrogen (secondary N) is 3. The van der Waals surface area contributed by atoms with Crippen molar-refractivity contribution in [2.45, 2.75) is 12.8 Å². The fourth-order valence-corrected chi connectivity index (χ4v) is 1.69. The molecule has 0 saturated heterocycles. The predicted octanol–water partition coefficient (Wildman–Crippen LogP) is 1.34. The summed E-state index contributed by atoms with van der Waals surface area (Å²) in [4.78, 5) is 15.8. The van der Waals surface area contributed by atoms with Crippen molar-refractivity contribution in [1.29, 1.82) is 0 Å². The number of carbonyl (C=O) groups is 1. The second kappa shape index (κ2) is 6.88. The molecule has 1 aliphatic rings. The van der Waals surface area contributed by atoms with E-state index < -0.39 is 0 Å². The monoisotopic (exact) mass is 278 g/mol. The normalized spacial score (nSPS) is 14.8. The molecule has 0 spiro atoms. The first-order chi connectivity index (χ1) is 9.67. The Morgan fingerprint density at radius 2 is 2.00 bits per heavy atom. The lowest BCUT2D eigenvalue weighted by Crippen LogP contribution is -2.42. The number of rotatable bonds is 5. The van der Waals surface area contributed by atoms with E-state index in [1.807, 2.05) is 0 Å². The number of benzene rings is 1. The quantitative estimate of drug-likeness (QED) is 0.562. The van der Waals surface area contributed by atoms with Gasteiger partial charge in [0.25, 0.3) is 0 Å². The van der Waals surface area contributed by atoms with Gasteiger partial charge in [-0.25, -0.2) is 4.39 Å². The number of aliphatic imine (C=N–C) groups is 1. The molecular weight excluding hydrogens is 259 g/mol. The van der Waals surface area contributed by atoms with Crippen LogP contribution in [0.25, 0.3) is 0 Å². The first kappa shape index (κ1) is 14.3. The molecule has 0 bridgehead atoms. The first-order valence-electron chi connectivity index (χ1n) is 6.67. The summed E-state index contributed by atoms with van der Waals surface area (Å²) in [5.41, 5.74) is 0.569. The van der Waals surface area contributed by atoms with Gasteiger partial charge in [-0.2, -0.15) is 0 Å². The number of carbonyl (C=O) groups excluding carboxylic acids is 1. The molecule has 5 nitrogen and oxygen atoms in total. The van der Waals surface area contributed by atoms with Crippen molar-refractivity contribution in [3.05, 3.63) is 30.1 Å². The summed E-state index contributed by atoms with van der Waals surface area (Å²) in [5.74, 6) is 0.824. The maximum atomic E-state index is 12.7. The van der Waals surface area contributed by atoms with Gasteiger partial charge in [0.15, 0.2) is 5.96 Å². The molecule has 1 aromatic rings. The molecule has 0 aromatic heterocycles. The number of nitrogens with zero attached hydrogens (tertiary/aromatic N) is 1. The molecule has 0 atom stereocenters. The summed E-state index contributed by atoms with van der Waals surface area (Å²) in [5, 5.41) is 8.78. The van der Waals surface area contributed by atoms with E-state index in [0.717, 1.165) is 12.5 Å². The van der Waals surface area contributed by atoms with Crippen LogP contribution in [-0.4, -0.2) is 32.0 Å². The Kier molecular flexibility index (Phi) is 4.92. The van der Waals surface area contributed by atoms with Gasteiger partial charge in [0.2, 0.25) is 5.91 Å². The van der Waals surface area contributed by atoms with E-state index in [1.165, 1.54) is 37.1 Å². The van der Waals surface area contributed by atoms with E-state index in [1.54, 1.807) is 7.05 Å². The van der Waals surface area contributed by atoms with Gasteiger partial charge in [-0.05, 0) is 43.0 Å².